The number of likely N-dealkylation sites (tertiary alicyclic amines) is 1. The molecular weight excluding hydrogens is 398 g/mol. The summed E-state index contributed by atoms with van der Waals surface area (Å²) < 4.78 is 0. The van der Waals surface area contributed by atoms with Gasteiger partial charge in [-0.15, -0.1) is 0 Å². The molecule has 0 atom stereocenters. The van der Waals surface area contributed by atoms with E-state index >= 15 is 0 Å². The monoisotopic (exact) mass is 427 g/mol. The summed E-state index contributed by atoms with van der Waals surface area (Å²) in [6.07, 6.45) is 5.99. The third-order valence-corrected chi connectivity index (χ3v) is 6.34. The number of pyridine rings is 1. The van der Waals surface area contributed by atoms with Gasteiger partial charge in [0.05, 0.1) is 12.7 Å². The maximum absolute atomic E-state index is 10.9. The van der Waals surface area contributed by atoms with Crippen LogP contribution in [0.5, 0.6) is 5.75 Å². The van der Waals surface area contributed by atoms with Gasteiger partial charge in [-0.1, -0.05) is 44.2 Å². The molecule has 2 aromatic carbocycles. The molecule has 6 nitrogen and oxygen atoms in total. The molecular formula is C26H29N5O. The van der Waals surface area contributed by atoms with Crippen molar-refractivity contribution >= 4 is 10.9 Å². The van der Waals surface area contributed by atoms with Crippen LogP contribution in [0.3, 0.4) is 0 Å². The summed E-state index contributed by atoms with van der Waals surface area (Å²) in [7, 11) is 0. The normalized spacial score (nSPS) is 14.6. The van der Waals surface area contributed by atoms with E-state index in [0.717, 1.165) is 47.4 Å². The Labute approximate surface area is 188 Å². The van der Waals surface area contributed by atoms with Crippen molar-refractivity contribution in [3.05, 3.63) is 71.5 Å². The second-order valence-electron chi connectivity index (χ2n) is 8.96. The number of aromatic nitrogens is 4. The van der Waals surface area contributed by atoms with Gasteiger partial charge in [-0.05, 0) is 55.1 Å². The molecule has 0 radical (unpaired) electrons. The van der Waals surface area contributed by atoms with E-state index in [2.05, 4.69) is 59.2 Å². The lowest BCUT2D eigenvalue weighted by Crippen LogP contribution is -2.18. The molecule has 1 aliphatic heterocycles. The van der Waals surface area contributed by atoms with Crippen molar-refractivity contribution in [1.82, 2.24) is 24.9 Å². The molecule has 0 spiro atoms. The minimum Gasteiger partial charge on any atom is -0.505 e. The Hall–Kier alpha value is -3.25. The number of phenols is 1. The fourth-order valence-corrected chi connectivity index (χ4v) is 4.49. The Bertz CT molecular complexity index is 1220. The first-order valence-electron chi connectivity index (χ1n) is 11.4. The molecule has 1 N–H and O–H groups in total. The first kappa shape index (κ1) is 20.6. The lowest BCUT2D eigenvalue weighted by molar-refractivity contribution is 0.324. The van der Waals surface area contributed by atoms with Gasteiger partial charge in [-0.3, -0.25) is 9.88 Å². The molecule has 1 aliphatic rings. The summed E-state index contributed by atoms with van der Waals surface area (Å²) in [6.45, 7) is 7.81. The first-order chi connectivity index (χ1) is 15.6. The van der Waals surface area contributed by atoms with Crippen molar-refractivity contribution in [2.24, 2.45) is 0 Å². The zero-order valence-corrected chi connectivity index (χ0v) is 18.7. The highest BCUT2D eigenvalue weighted by Crippen LogP contribution is 2.32. The Balaban J connectivity index is 1.45. The van der Waals surface area contributed by atoms with E-state index in [1.807, 2.05) is 18.3 Å². The fourth-order valence-electron chi connectivity index (χ4n) is 4.49. The van der Waals surface area contributed by atoms with Gasteiger partial charge in [-0.2, -0.15) is 15.0 Å². The Morgan fingerprint density at radius 2 is 1.78 bits per heavy atom. The summed E-state index contributed by atoms with van der Waals surface area (Å²) in [5.74, 6) is 0.793. The fraction of sp³-hybridized carbons (Fsp3) is 0.346. The molecule has 0 bridgehead atoms. The van der Waals surface area contributed by atoms with Gasteiger partial charge in [0.25, 0.3) is 0 Å². The quantitative estimate of drug-likeness (QED) is 0.471. The van der Waals surface area contributed by atoms with Gasteiger partial charge in [0, 0.05) is 29.3 Å². The van der Waals surface area contributed by atoms with E-state index in [9.17, 15) is 5.11 Å². The van der Waals surface area contributed by atoms with Crippen molar-refractivity contribution in [3.8, 4) is 17.0 Å². The zero-order valence-electron chi connectivity index (χ0n) is 18.7. The molecule has 5 rings (SSSR count). The van der Waals surface area contributed by atoms with Crippen molar-refractivity contribution in [3.63, 3.8) is 0 Å². The molecule has 0 saturated carbocycles. The number of phenolic OH excluding ortho intramolecular Hbond substituents is 1. The second kappa shape index (κ2) is 8.71. The number of hydrogen-bond acceptors (Lipinski definition) is 5. The van der Waals surface area contributed by atoms with Gasteiger partial charge in [-0.25, -0.2) is 0 Å². The van der Waals surface area contributed by atoms with Gasteiger partial charge in [0.2, 0.25) is 0 Å². The van der Waals surface area contributed by atoms with E-state index in [4.69, 9.17) is 5.10 Å². The summed E-state index contributed by atoms with van der Waals surface area (Å²) in [5, 5.41) is 21.1. The number of hydrogen-bond donors (Lipinski definition) is 1. The van der Waals surface area contributed by atoms with Gasteiger partial charge in [0.15, 0.2) is 0 Å². The van der Waals surface area contributed by atoms with E-state index in [-0.39, 0.29) is 5.75 Å². The van der Waals surface area contributed by atoms with Crippen LogP contribution in [0.4, 0.5) is 0 Å². The average molecular weight is 428 g/mol. The van der Waals surface area contributed by atoms with E-state index in [1.165, 1.54) is 18.4 Å². The van der Waals surface area contributed by atoms with Gasteiger partial charge < -0.3 is 5.11 Å². The number of rotatable bonds is 6. The summed E-state index contributed by atoms with van der Waals surface area (Å²) >= 11 is 0. The molecule has 2 aromatic heterocycles. The van der Waals surface area contributed by atoms with Crippen LogP contribution in [0.1, 0.15) is 49.3 Å². The summed E-state index contributed by atoms with van der Waals surface area (Å²) in [4.78, 5) is 8.59. The van der Waals surface area contributed by atoms with E-state index in [0.29, 0.717) is 18.0 Å². The molecule has 0 aliphatic carbocycles. The molecule has 0 amide bonds. The highest BCUT2D eigenvalue weighted by atomic mass is 16.3. The molecule has 0 unspecified atom stereocenters. The van der Waals surface area contributed by atoms with Crippen molar-refractivity contribution < 1.29 is 5.11 Å². The van der Waals surface area contributed by atoms with Crippen molar-refractivity contribution in [1.29, 1.82) is 0 Å². The van der Waals surface area contributed by atoms with E-state index < -0.39 is 0 Å². The van der Waals surface area contributed by atoms with Crippen LogP contribution in [0.25, 0.3) is 22.2 Å². The minimum absolute atomic E-state index is 0.288. The lowest BCUT2D eigenvalue weighted by atomic mass is 10.0. The van der Waals surface area contributed by atoms with Crippen LogP contribution in [0.15, 0.2) is 54.9 Å². The van der Waals surface area contributed by atoms with Gasteiger partial charge in [0.1, 0.15) is 17.0 Å². The predicted molar refractivity (Wildman–Crippen MR) is 127 cm³/mol. The highest BCUT2D eigenvalue weighted by molar-refractivity contribution is 5.88. The van der Waals surface area contributed by atoms with Crippen LogP contribution in [0, 0.1) is 0 Å². The lowest BCUT2D eigenvalue weighted by Gasteiger charge is -2.18. The number of benzene rings is 2. The predicted octanol–water partition coefficient (Wildman–Crippen LogP) is 4.97. The molecule has 4 aromatic rings. The molecule has 1 fully saturated rings. The topological polar surface area (TPSA) is 67.1 Å². The number of nitrogens with zero attached hydrogens (tertiary/aromatic N) is 5. The number of aromatic hydroxyl groups is 1. The van der Waals surface area contributed by atoms with E-state index in [1.54, 1.807) is 11.0 Å². The largest absolute Gasteiger partial charge is 0.505 e. The smallest absolute Gasteiger partial charge is 0.146 e. The van der Waals surface area contributed by atoms with Crippen molar-refractivity contribution in [2.75, 3.05) is 13.1 Å². The zero-order chi connectivity index (χ0) is 22.1. The third kappa shape index (κ3) is 4.10. The maximum Gasteiger partial charge on any atom is 0.146 e. The minimum atomic E-state index is 0.288. The number of fused-ring (bicyclic) bond motifs is 1. The second-order valence-corrected chi connectivity index (χ2v) is 8.96. The molecule has 3 heterocycles. The maximum atomic E-state index is 10.9. The SMILES string of the molecule is CC(C)c1ccc(-c2cnn(Cc3cc(CN4CCCC4)c(O)c4ncccc34)n2)cc1. The van der Waals surface area contributed by atoms with Crippen LogP contribution in [0.2, 0.25) is 0 Å². The third-order valence-electron chi connectivity index (χ3n) is 6.34. The summed E-state index contributed by atoms with van der Waals surface area (Å²) in [5.41, 5.74) is 5.87. The Morgan fingerprint density at radius 3 is 2.53 bits per heavy atom. The highest BCUT2D eigenvalue weighted by Gasteiger charge is 2.18. The average Bonchev–Trinajstić information content (AvgIpc) is 3.49. The van der Waals surface area contributed by atoms with Crippen LogP contribution >= 0.6 is 0 Å². The first-order valence-corrected chi connectivity index (χ1v) is 11.4. The van der Waals surface area contributed by atoms with Crippen LogP contribution in [-0.2, 0) is 13.1 Å². The molecule has 6 heteroatoms. The summed E-state index contributed by atoms with van der Waals surface area (Å²) in [6, 6.07) is 14.5. The molecule has 164 valence electrons. The standard InChI is InChI=1S/C26H29N5O/c1-18(2)19-7-9-20(10-8-19)24-15-28-31(29-24)17-21-14-22(16-30-12-3-4-13-30)26(32)25-23(21)6-5-11-27-25/h5-11,14-15,18,32H,3-4,12-13,16-17H2,1-2H3. The van der Waals surface area contributed by atoms with Crippen molar-refractivity contribution in [2.45, 2.75) is 45.7 Å². The van der Waals surface area contributed by atoms with Crippen LogP contribution < -0.4 is 0 Å². The Morgan fingerprint density at radius 1 is 1.00 bits per heavy atom. The molecule has 1 saturated heterocycles. The Kier molecular flexibility index (Phi) is 5.62. The van der Waals surface area contributed by atoms with Crippen LogP contribution in [-0.4, -0.2) is 43.1 Å². The molecule has 32 heavy (non-hydrogen) atoms. The van der Waals surface area contributed by atoms with Gasteiger partial charge >= 0.3 is 0 Å².